The number of carbonyl (C=O) groups is 1. The molecule has 1 saturated heterocycles. The Balaban J connectivity index is 1.36. The number of hydrogen-bond acceptors (Lipinski definition) is 8. The van der Waals surface area contributed by atoms with Crippen LogP contribution >= 0.6 is 11.8 Å². The number of furan rings is 1. The van der Waals surface area contributed by atoms with Gasteiger partial charge < -0.3 is 18.3 Å². The summed E-state index contributed by atoms with van der Waals surface area (Å²) in [5, 5.41) is 7.75. The van der Waals surface area contributed by atoms with Crippen molar-refractivity contribution in [2.24, 2.45) is 0 Å². The highest BCUT2D eigenvalue weighted by Crippen LogP contribution is 2.27. The Hall–Kier alpha value is -2.58. The average Bonchev–Trinajstić information content (AvgIpc) is 3.47. The molecule has 0 amide bonds. The van der Waals surface area contributed by atoms with Gasteiger partial charge in [-0.2, -0.15) is 0 Å². The van der Waals surface area contributed by atoms with Gasteiger partial charge in [0.05, 0.1) is 17.9 Å². The van der Waals surface area contributed by atoms with Crippen molar-refractivity contribution in [3.8, 4) is 11.7 Å². The molecule has 0 spiro atoms. The summed E-state index contributed by atoms with van der Waals surface area (Å²) < 4.78 is 21.6. The third kappa shape index (κ3) is 4.40. The number of thioether (sulfide) groups is 1. The van der Waals surface area contributed by atoms with Gasteiger partial charge in [-0.25, -0.2) is 4.79 Å². The van der Waals surface area contributed by atoms with Crippen LogP contribution in [0.15, 0.2) is 56.4 Å². The van der Waals surface area contributed by atoms with Gasteiger partial charge in [0.25, 0.3) is 11.8 Å². The lowest BCUT2D eigenvalue weighted by atomic mass is 10.2. The number of rotatable bonds is 7. The predicted molar refractivity (Wildman–Crippen MR) is 97.3 cm³/mol. The molecular weight excluding hydrogens is 368 g/mol. The quantitative estimate of drug-likeness (QED) is 0.445. The van der Waals surface area contributed by atoms with Gasteiger partial charge in [0, 0.05) is 17.3 Å². The normalized spacial score (nSPS) is 16.5. The second-order valence-corrected chi connectivity index (χ2v) is 7.06. The van der Waals surface area contributed by atoms with E-state index in [4.69, 9.17) is 18.3 Å². The highest BCUT2D eigenvalue weighted by Gasteiger charge is 2.19. The fourth-order valence-corrected chi connectivity index (χ4v) is 3.85. The molecular formula is C19H18N2O5S. The number of benzene rings is 1. The zero-order valence-electron chi connectivity index (χ0n) is 14.5. The van der Waals surface area contributed by atoms with E-state index in [0.29, 0.717) is 11.3 Å². The molecule has 1 atom stereocenters. The zero-order chi connectivity index (χ0) is 18.5. The summed E-state index contributed by atoms with van der Waals surface area (Å²) >= 11 is 1.61. The molecule has 0 saturated carbocycles. The molecule has 3 heterocycles. The minimum atomic E-state index is -0.428. The number of esters is 1. The van der Waals surface area contributed by atoms with E-state index in [1.165, 1.54) is 6.26 Å². The van der Waals surface area contributed by atoms with Crippen molar-refractivity contribution in [2.75, 3.05) is 12.4 Å². The third-order valence-electron chi connectivity index (χ3n) is 4.08. The van der Waals surface area contributed by atoms with Gasteiger partial charge in [-0.3, -0.25) is 0 Å². The first-order chi connectivity index (χ1) is 13.3. The largest absolute Gasteiger partial charge is 0.459 e. The van der Waals surface area contributed by atoms with E-state index < -0.39 is 5.97 Å². The second kappa shape index (κ2) is 8.41. The monoisotopic (exact) mass is 386 g/mol. The molecule has 27 heavy (non-hydrogen) atoms. The van der Waals surface area contributed by atoms with Crippen molar-refractivity contribution in [3.63, 3.8) is 0 Å². The van der Waals surface area contributed by atoms with Crippen LogP contribution in [0.4, 0.5) is 0 Å². The van der Waals surface area contributed by atoms with Crippen LogP contribution < -0.4 is 0 Å². The molecule has 1 fully saturated rings. The Morgan fingerprint density at radius 2 is 2.15 bits per heavy atom. The molecule has 2 aromatic heterocycles. The first-order valence-electron chi connectivity index (χ1n) is 8.66. The minimum absolute atomic E-state index is 0.0999. The van der Waals surface area contributed by atoms with E-state index in [1.54, 1.807) is 30.0 Å². The van der Waals surface area contributed by atoms with E-state index in [9.17, 15) is 4.79 Å². The molecule has 1 aliphatic rings. The maximum atomic E-state index is 12.5. The van der Waals surface area contributed by atoms with E-state index in [2.05, 4.69) is 10.2 Å². The highest BCUT2D eigenvalue weighted by molar-refractivity contribution is 7.99. The van der Waals surface area contributed by atoms with Crippen molar-refractivity contribution in [1.29, 1.82) is 0 Å². The lowest BCUT2D eigenvalue weighted by Crippen LogP contribution is -2.10. The molecule has 0 radical (unpaired) electrons. The maximum absolute atomic E-state index is 12.5. The lowest BCUT2D eigenvalue weighted by molar-refractivity contribution is 0.0434. The van der Waals surface area contributed by atoms with Gasteiger partial charge in [-0.15, -0.1) is 22.0 Å². The number of nitrogens with zero attached hydrogens (tertiary/aromatic N) is 2. The Kier molecular flexibility index (Phi) is 5.55. The zero-order valence-corrected chi connectivity index (χ0v) is 15.3. The topological polar surface area (TPSA) is 87.6 Å². The minimum Gasteiger partial charge on any atom is -0.459 e. The van der Waals surface area contributed by atoms with E-state index in [1.807, 2.05) is 18.2 Å². The number of ether oxygens (including phenoxy) is 2. The molecule has 1 aromatic carbocycles. The highest BCUT2D eigenvalue weighted by atomic mass is 32.2. The van der Waals surface area contributed by atoms with Crippen molar-refractivity contribution >= 4 is 17.7 Å². The Labute approximate surface area is 160 Å². The second-order valence-electron chi connectivity index (χ2n) is 6.00. The molecule has 0 aliphatic carbocycles. The summed E-state index contributed by atoms with van der Waals surface area (Å²) in [6.07, 6.45) is 3.93. The maximum Gasteiger partial charge on any atom is 0.339 e. The van der Waals surface area contributed by atoms with Crippen molar-refractivity contribution in [2.45, 2.75) is 30.4 Å². The molecule has 0 bridgehead atoms. The molecule has 140 valence electrons. The van der Waals surface area contributed by atoms with Crippen LogP contribution in [0.2, 0.25) is 0 Å². The molecule has 8 heteroatoms. The SMILES string of the molecule is O=C(OCc1nnc(-c2ccco2)o1)c1ccccc1SC[C@@H]1CCCO1. The molecule has 1 aliphatic heterocycles. The van der Waals surface area contributed by atoms with Crippen LogP contribution in [0.5, 0.6) is 0 Å². The molecule has 3 aromatic rings. The summed E-state index contributed by atoms with van der Waals surface area (Å²) in [5.41, 5.74) is 0.520. The molecule has 7 nitrogen and oxygen atoms in total. The Morgan fingerprint density at radius 1 is 1.22 bits per heavy atom. The molecule has 0 unspecified atom stereocenters. The van der Waals surface area contributed by atoms with E-state index in [-0.39, 0.29) is 24.5 Å². The lowest BCUT2D eigenvalue weighted by Gasteiger charge is -2.11. The summed E-state index contributed by atoms with van der Waals surface area (Å²) in [7, 11) is 0. The van der Waals surface area contributed by atoms with E-state index in [0.717, 1.165) is 30.1 Å². The van der Waals surface area contributed by atoms with Crippen LogP contribution in [0.25, 0.3) is 11.7 Å². The Morgan fingerprint density at radius 3 is 2.96 bits per heavy atom. The first kappa shape index (κ1) is 17.8. The van der Waals surface area contributed by atoms with Gasteiger partial charge >= 0.3 is 5.97 Å². The van der Waals surface area contributed by atoms with Gasteiger partial charge in [0.15, 0.2) is 12.4 Å². The summed E-state index contributed by atoms with van der Waals surface area (Å²) in [6, 6.07) is 10.8. The van der Waals surface area contributed by atoms with Gasteiger partial charge in [-0.1, -0.05) is 12.1 Å². The van der Waals surface area contributed by atoms with Crippen molar-refractivity contribution in [1.82, 2.24) is 10.2 Å². The number of carbonyl (C=O) groups excluding carboxylic acids is 1. The van der Waals surface area contributed by atoms with Crippen LogP contribution in [0.3, 0.4) is 0 Å². The van der Waals surface area contributed by atoms with Crippen LogP contribution in [-0.2, 0) is 16.1 Å². The van der Waals surface area contributed by atoms with Gasteiger partial charge in [0.1, 0.15) is 0 Å². The fourth-order valence-electron chi connectivity index (χ4n) is 2.74. The summed E-state index contributed by atoms with van der Waals surface area (Å²) in [6.45, 7) is 0.719. The van der Waals surface area contributed by atoms with Gasteiger partial charge in [0.2, 0.25) is 0 Å². The fraction of sp³-hybridized carbons (Fsp3) is 0.316. The van der Waals surface area contributed by atoms with Crippen LogP contribution in [-0.4, -0.2) is 34.6 Å². The molecule has 0 N–H and O–H groups in total. The van der Waals surface area contributed by atoms with Crippen LogP contribution in [0, 0.1) is 0 Å². The van der Waals surface area contributed by atoms with E-state index >= 15 is 0 Å². The standard InChI is InChI=1S/C19H18N2O5S/c22-19(25-11-17-20-21-18(26-17)15-7-4-10-24-15)14-6-1-2-8-16(14)27-12-13-5-3-9-23-13/h1-2,4,6-8,10,13H,3,5,9,11-12H2/t13-/m0/s1. The van der Waals surface area contributed by atoms with Crippen molar-refractivity contribution < 1.29 is 23.1 Å². The smallest absolute Gasteiger partial charge is 0.339 e. The van der Waals surface area contributed by atoms with Crippen LogP contribution in [0.1, 0.15) is 29.1 Å². The molecule has 4 rings (SSSR count). The summed E-state index contributed by atoms with van der Waals surface area (Å²) in [5.74, 6) is 1.32. The summed E-state index contributed by atoms with van der Waals surface area (Å²) in [4.78, 5) is 13.4. The third-order valence-corrected chi connectivity index (χ3v) is 5.29. The number of aromatic nitrogens is 2. The van der Waals surface area contributed by atoms with Gasteiger partial charge in [-0.05, 0) is 37.1 Å². The average molecular weight is 386 g/mol. The predicted octanol–water partition coefficient (Wildman–Crippen LogP) is 3.96. The number of hydrogen-bond donors (Lipinski definition) is 0. The first-order valence-corrected chi connectivity index (χ1v) is 9.65. The van der Waals surface area contributed by atoms with Crippen molar-refractivity contribution in [3.05, 3.63) is 54.1 Å². The Bertz CT molecular complexity index is 887.